The minimum absolute atomic E-state index is 0.166. The van der Waals surface area contributed by atoms with Crippen molar-refractivity contribution in [3.8, 4) is 5.69 Å². The third-order valence-corrected chi connectivity index (χ3v) is 3.66. The summed E-state index contributed by atoms with van der Waals surface area (Å²) in [5.41, 5.74) is 9.03. The number of hydrogen-bond donors (Lipinski definition) is 1. The van der Waals surface area contributed by atoms with Gasteiger partial charge in [-0.05, 0) is 12.1 Å². The molecule has 0 unspecified atom stereocenters. The molecule has 0 bridgehead atoms. The molecule has 1 aromatic carbocycles. The van der Waals surface area contributed by atoms with Gasteiger partial charge in [-0.15, -0.1) is 0 Å². The van der Waals surface area contributed by atoms with E-state index in [0.717, 1.165) is 22.3 Å². The van der Waals surface area contributed by atoms with Crippen LogP contribution in [0.4, 0.5) is 0 Å². The van der Waals surface area contributed by atoms with Gasteiger partial charge in [-0.2, -0.15) is 0 Å². The molecule has 0 fully saturated rings. The van der Waals surface area contributed by atoms with Crippen LogP contribution < -0.4 is 11.3 Å². The average Bonchev–Trinajstić information content (AvgIpc) is 2.97. The van der Waals surface area contributed by atoms with Gasteiger partial charge in [0.15, 0.2) is 5.52 Å². The third kappa shape index (κ3) is 2.44. The zero-order chi connectivity index (χ0) is 16.4. The van der Waals surface area contributed by atoms with Crippen molar-refractivity contribution in [2.75, 3.05) is 7.05 Å². The Bertz CT molecular complexity index is 964. The summed E-state index contributed by atoms with van der Waals surface area (Å²) < 4.78 is 3.39. The molecule has 2 heterocycles. The van der Waals surface area contributed by atoms with Crippen molar-refractivity contribution in [2.45, 2.75) is 0 Å². The summed E-state index contributed by atoms with van der Waals surface area (Å²) in [6, 6.07) is 9.43. The molecule has 2 N–H and O–H groups in total. The minimum Gasteiger partial charge on any atom is -0.404 e. The van der Waals surface area contributed by atoms with E-state index in [0.29, 0.717) is 5.52 Å². The quantitative estimate of drug-likeness (QED) is 0.748. The van der Waals surface area contributed by atoms with E-state index < -0.39 is 0 Å². The third-order valence-electron chi connectivity index (χ3n) is 3.66. The van der Waals surface area contributed by atoms with Gasteiger partial charge in [0, 0.05) is 49.5 Å². The molecule has 0 atom stereocenters. The topological polar surface area (TPSA) is 78.2 Å². The average molecular weight is 307 g/mol. The van der Waals surface area contributed by atoms with E-state index in [2.05, 4.69) is 9.98 Å². The highest BCUT2D eigenvalue weighted by molar-refractivity contribution is 6.13. The molecule has 0 aliphatic carbocycles. The van der Waals surface area contributed by atoms with Crippen LogP contribution in [0.1, 0.15) is 5.56 Å². The number of aromatic nitrogens is 3. The Labute approximate surface area is 133 Å². The van der Waals surface area contributed by atoms with Crippen LogP contribution in [-0.2, 0) is 7.05 Å². The number of benzene rings is 1. The Balaban J connectivity index is 2.41. The maximum absolute atomic E-state index is 12.8. The Morgan fingerprint density at radius 1 is 1.30 bits per heavy atom. The molecular weight excluding hydrogens is 290 g/mol. The predicted molar refractivity (Wildman–Crippen MR) is 92.9 cm³/mol. The Kier molecular flexibility index (Phi) is 3.80. The van der Waals surface area contributed by atoms with Gasteiger partial charge in [0.1, 0.15) is 0 Å². The normalized spacial score (nSPS) is 12.3. The van der Waals surface area contributed by atoms with Crippen molar-refractivity contribution in [1.29, 1.82) is 0 Å². The number of para-hydroxylation sites is 1. The number of aryl methyl sites for hydroxylation is 1. The Morgan fingerprint density at radius 2 is 2.04 bits per heavy atom. The van der Waals surface area contributed by atoms with Crippen molar-refractivity contribution >= 4 is 22.8 Å². The van der Waals surface area contributed by atoms with Gasteiger partial charge < -0.3 is 10.3 Å². The van der Waals surface area contributed by atoms with E-state index in [9.17, 15) is 4.79 Å². The zero-order valence-electron chi connectivity index (χ0n) is 13.0. The molecule has 0 aliphatic rings. The van der Waals surface area contributed by atoms with Gasteiger partial charge in [0.05, 0.1) is 11.8 Å². The number of hydrogen-bond acceptors (Lipinski definition) is 4. The van der Waals surface area contributed by atoms with Crippen molar-refractivity contribution in [3.63, 3.8) is 0 Å². The van der Waals surface area contributed by atoms with Crippen molar-refractivity contribution < 1.29 is 0 Å². The lowest BCUT2D eigenvalue weighted by molar-refractivity contribution is 0.942. The number of imidazole rings is 1. The number of pyridine rings is 1. The second-order valence-electron chi connectivity index (χ2n) is 5.12. The second-order valence-corrected chi connectivity index (χ2v) is 5.12. The molecule has 116 valence electrons. The van der Waals surface area contributed by atoms with Crippen molar-refractivity contribution in [3.05, 3.63) is 65.0 Å². The van der Waals surface area contributed by atoms with Gasteiger partial charge in [0.25, 0.3) is 5.56 Å². The maximum atomic E-state index is 12.8. The van der Waals surface area contributed by atoms with Crippen LogP contribution in [0.5, 0.6) is 0 Å². The van der Waals surface area contributed by atoms with E-state index in [1.807, 2.05) is 41.9 Å². The fraction of sp³-hybridized carbons (Fsp3) is 0.118. The first-order valence-corrected chi connectivity index (χ1v) is 7.14. The number of nitrogens with zero attached hydrogens (tertiary/aromatic N) is 4. The fourth-order valence-electron chi connectivity index (χ4n) is 2.60. The van der Waals surface area contributed by atoms with E-state index >= 15 is 0 Å². The van der Waals surface area contributed by atoms with Gasteiger partial charge >= 0.3 is 0 Å². The highest BCUT2D eigenvalue weighted by Crippen LogP contribution is 2.22. The number of rotatable bonds is 3. The monoisotopic (exact) mass is 307 g/mol. The fourth-order valence-corrected chi connectivity index (χ4v) is 2.60. The summed E-state index contributed by atoms with van der Waals surface area (Å²) in [6.45, 7) is 0. The first-order chi connectivity index (χ1) is 11.2. The highest BCUT2D eigenvalue weighted by atomic mass is 16.1. The molecule has 0 radical (unpaired) electrons. The summed E-state index contributed by atoms with van der Waals surface area (Å²) in [6.07, 6.45) is 6.56. The lowest BCUT2D eigenvalue weighted by Crippen LogP contribution is -2.20. The minimum atomic E-state index is -0.166. The predicted octanol–water partition coefficient (Wildman–Crippen LogP) is 1.72. The van der Waals surface area contributed by atoms with Crippen LogP contribution in [0.2, 0.25) is 0 Å². The number of aliphatic imine (C=N–C) groups is 1. The molecule has 0 aliphatic heterocycles. The number of fused-ring (bicyclic) bond motifs is 1. The van der Waals surface area contributed by atoms with Crippen LogP contribution >= 0.6 is 0 Å². The second kappa shape index (κ2) is 5.92. The van der Waals surface area contributed by atoms with Crippen molar-refractivity contribution in [1.82, 2.24) is 14.1 Å². The summed E-state index contributed by atoms with van der Waals surface area (Å²) in [4.78, 5) is 21.1. The molecule has 23 heavy (non-hydrogen) atoms. The molecular formula is C17H17N5O. The summed E-state index contributed by atoms with van der Waals surface area (Å²) in [5.74, 6) is 0. The zero-order valence-corrected chi connectivity index (χ0v) is 13.0. The molecule has 0 amide bonds. The van der Waals surface area contributed by atoms with Crippen LogP contribution in [-0.4, -0.2) is 27.4 Å². The Morgan fingerprint density at radius 3 is 2.70 bits per heavy atom. The molecule has 3 rings (SSSR count). The van der Waals surface area contributed by atoms with Crippen LogP contribution in [0.3, 0.4) is 0 Å². The van der Waals surface area contributed by atoms with Crippen LogP contribution in [0, 0.1) is 0 Å². The molecule has 6 nitrogen and oxygen atoms in total. The summed E-state index contributed by atoms with van der Waals surface area (Å²) >= 11 is 0. The standard InChI is InChI=1S/C17H17N5O/c1-19-9-12(8-18)14-10-22(13-6-4-3-5-7-13)17(23)15-16(14)21(2)11-20-15/h3-11H,18H2,1-2H3. The smallest absolute Gasteiger partial charge is 0.283 e. The van der Waals surface area contributed by atoms with Gasteiger partial charge in [-0.25, -0.2) is 4.98 Å². The summed E-state index contributed by atoms with van der Waals surface area (Å²) in [5, 5.41) is 0. The SMILES string of the molecule is CN=CC(=CN)c1cn(-c2ccccc2)c(=O)c2ncn(C)c12. The first-order valence-electron chi connectivity index (χ1n) is 7.14. The van der Waals surface area contributed by atoms with Crippen LogP contribution in [0.15, 0.2) is 58.8 Å². The van der Waals surface area contributed by atoms with Gasteiger partial charge in [0.2, 0.25) is 0 Å². The molecule has 2 aromatic heterocycles. The van der Waals surface area contributed by atoms with Gasteiger partial charge in [-0.3, -0.25) is 14.4 Å². The highest BCUT2D eigenvalue weighted by Gasteiger charge is 2.16. The largest absolute Gasteiger partial charge is 0.404 e. The Hall–Kier alpha value is -3.15. The van der Waals surface area contributed by atoms with E-state index in [-0.39, 0.29) is 5.56 Å². The van der Waals surface area contributed by atoms with E-state index in [1.165, 1.54) is 6.20 Å². The molecule has 0 saturated carbocycles. The van der Waals surface area contributed by atoms with Crippen LogP contribution in [0.25, 0.3) is 22.3 Å². The molecule has 6 heteroatoms. The molecule has 0 spiro atoms. The van der Waals surface area contributed by atoms with E-state index in [4.69, 9.17) is 5.73 Å². The van der Waals surface area contributed by atoms with Crippen molar-refractivity contribution in [2.24, 2.45) is 17.8 Å². The summed E-state index contributed by atoms with van der Waals surface area (Å²) in [7, 11) is 3.53. The first kappa shape index (κ1) is 14.8. The lowest BCUT2D eigenvalue weighted by Gasteiger charge is -2.11. The van der Waals surface area contributed by atoms with E-state index in [1.54, 1.807) is 30.4 Å². The molecule has 3 aromatic rings. The number of allylic oxidation sites excluding steroid dienone is 1. The molecule has 0 saturated heterocycles. The van der Waals surface area contributed by atoms with Gasteiger partial charge in [-0.1, -0.05) is 18.2 Å². The maximum Gasteiger partial charge on any atom is 0.283 e. The number of nitrogens with two attached hydrogens (primary N) is 1. The lowest BCUT2D eigenvalue weighted by atomic mass is 10.1.